The molecule has 0 radical (unpaired) electrons. The van der Waals surface area contributed by atoms with E-state index in [1.165, 1.54) is 321 Å². The fraction of sp³-hybridized carbons (Fsp3) is 0.911. The largest absolute Gasteiger partial charge is 0.374 e. The molecule has 1 nitrogen and oxygen atoms in total. The van der Waals surface area contributed by atoms with E-state index < -0.39 is 0 Å². The molecular formula is C90H158O. The fourth-order valence-electron chi connectivity index (χ4n) is 23.9. The Morgan fingerprint density at radius 1 is 0.374 bits per heavy atom. The minimum absolute atomic E-state index is 0.402. The van der Waals surface area contributed by atoms with Gasteiger partial charge in [0.05, 0.1) is 12.2 Å². The van der Waals surface area contributed by atoms with Crippen molar-refractivity contribution >= 4 is 0 Å². The van der Waals surface area contributed by atoms with Crippen molar-refractivity contribution in [1.82, 2.24) is 0 Å². The molecule has 6 fully saturated rings. The van der Waals surface area contributed by atoms with Gasteiger partial charge in [-0.15, -0.1) is 0 Å². The number of allylic oxidation sites excluding steroid dienone is 8. The third-order valence-corrected chi connectivity index (χ3v) is 29.6. The van der Waals surface area contributed by atoms with E-state index in [-0.39, 0.29) is 0 Å². The fourth-order valence-corrected chi connectivity index (χ4v) is 23.9. The predicted octanol–water partition coefficient (Wildman–Crippen LogP) is 29.1. The van der Waals surface area contributed by atoms with Gasteiger partial charge in [-0.1, -0.05) is 285 Å². The molecule has 524 valence electrons. The van der Waals surface area contributed by atoms with Crippen molar-refractivity contribution in [3.8, 4) is 0 Å². The Bertz CT molecular complexity index is 1990. The summed E-state index contributed by atoms with van der Waals surface area (Å²) in [5, 5.41) is 0. The van der Waals surface area contributed by atoms with Gasteiger partial charge >= 0.3 is 0 Å². The van der Waals surface area contributed by atoms with Crippen LogP contribution in [0.1, 0.15) is 404 Å². The first-order valence-electron chi connectivity index (χ1n) is 42.4. The van der Waals surface area contributed by atoms with Crippen molar-refractivity contribution in [2.75, 3.05) is 0 Å². The number of ether oxygens (including phenoxy) is 1. The van der Waals surface area contributed by atoms with Gasteiger partial charge in [0.1, 0.15) is 0 Å². The van der Waals surface area contributed by atoms with Crippen molar-refractivity contribution in [1.29, 1.82) is 0 Å². The summed E-state index contributed by atoms with van der Waals surface area (Å²) in [5.74, 6) is 12.2. The Kier molecular flexibility index (Phi) is 31.9. The van der Waals surface area contributed by atoms with Crippen LogP contribution in [0.5, 0.6) is 0 Å². The summed E-state index contributed by atoms with van der Waals surface area (Å²) >= 11 is 0. The number of unbranched alkanes of at least 4 members (excludes halogenated alkanes) is 22. The van der Waals surface area contributed by atoms with E-state index >= 15 is 0 Å². The molecule has 8 rings (SSSR count). The summed E-state index contributed by atoms with van der Waals surface area (Å²) in [7, 11) is 0. The van der Waals surface area contributed by atoms with E-state index in [0.29, 0.717) is 45.7 Å². The zero-order valence-electron chi connectivity index (χ0n) is 63.5. The molecule has 0 bridgehead atoms. The van der Waals surface area contributed by atoms with Gasteiger partial charge in [0.25, 0.3) is 0 Å². The molecule has 0 aliphatic heterocycles. The van der Waals surface area contributed by atoms with Crippen LogP contribution in [-0.2, 0) is 4.74 Å². The highest BCUT2D eigenvalue weighted by atomic mass is 16.5. The standard InChI is InChI=1S/C90H158O/c1-13-15-17-19-21-23-25-27-29-31-33-35-37-39-41-49-85(73-59-63-87(9)75(67-73)51-53-77-81-57-55-79(71(7)47-43-45-69(3)4)89(81,11)65-61-83(77)87)91-86(50-42-40-38-36-34-32-30-28-26-24-22-20-18-16-14-2)74-60-64-88(10)76(68-74)52-54-78-82-58-56-80(72(8)48-44-46-70(5)6)90(82,12)66-62-84(78)88/h27-30,51-52,69-74,77-86H,13-26,31-50,53-68H2,1-12H3/b29-27-,30-28-/t71-,72-,73+,74+,77+,78+,79-,80-,81+,82+,83+,84+,85?,86?,87+,88+,89-,90-/m1/s1. The Labute approximate surface area is 570 Å². The highest BCUT2D eigenvalue weighted by Gasteiger charge is 2.61. The van der Waals surface area contributed by atoms with Crippen LogP contribution >= 0.6 is 0 Å². The molecule has 8 aliphatic rings. The maximum atomic E-state index is 8.22. The monoisotopic (exact) mass is 1260 g/mol. The van der Waals surface area contributed by atoms with Crippen LogP contribution in [0.3, 0.4) is 0 Å². The molecule has 0 aromatic carbocycles. The van der Waals surface area contributed by atoms with E-state index in [1.807, 2.05) is 11.1 Å². The van der Waals surface area contributed by atoms with E-state index in [9.17, 15) is 0 Å². The van der Waals surface area contributed by atoms with Crippen LogP contribution < -0.4 is 0 Å². The van der Waals surface area contributed by atoms with Crippen molar-refractivity contribution in [2.45, 2.75) is 416 Å². The van der Waals surface area contributed by atoms with Crippen LogP contribution in [0.4, 0.5) is 0 Å². The summed E-state index contributed by atoms with van der Waals surface area (Å²) < 4.78 is 8.22. The number of fused-ring (bicyclic) bond motifs is 10. The van der Waals surface area contributed by atoms with Gasteiger partial charge in [0, 0.05) is 0 Å². The highest BCUT2D eigenvalue weighted by Crippen LogP contribution is 2.70. The third kappa shape index (κ3) is 20.5. The molecule has 2 unspecified atom stereocenters. The van der Waals surface area contributed by atoms with Crippen LogP contribution in [0.25, 0.3) is 0 Å². The lowest BCUT2D eigenvalue weighted by Crippen LogP contribution is -2.51. The minimum Gasteiger partial charge on any atom is -0.374 e. The lowest BCUT2D eigenvalue weighted by atomic mass is 9.46. The van der Waals surface area contributed by atoms with Gasteiger partial charge in [0.15, 0.2) is 0 Å². The molecule has 0 aromatic heterocycles. The zero-order chi connectivity index (χ0) is 64.7. The van der Waals surface area contributed by atoms with Crippen LogP contribution in [0.2, 0.25) is 0 Å². The molecule has 0 N–H and O–H groups in total. The van der Waals surface area contributed by atoms with E-state index in [2.05, 4.69) is 120 Å². The van der Waals surface area contributed by atoms with Gasteiger partial charge in [0.2, 0.25) is 0 Å². The summed E-state index contributed by atoms with van der Waals surface area (Å²) in [6, 6.07) is 0. The Morgan fingerprint density at radius 3 is 1.09 bits per heavy atom. The molecule has 0 spiro atoms. The smallest absolute Gasteiger partial charge is 0.0610 e. The molecule has 0 aromatic rings. The van der Waals surface area contributed by atoms with E-state index in [1.54, 1.807) is 0 Å². The van der Waals surface area contributed by atoms with Gasteiger partial charge in [-0.25, -0.2) is 0 Å². The molecule has 18 atom stereocenters. The summed E-state index contributed by atoms with van der Waals surface area (Å²) in [6.07, 6.45) is 87.0. The van der Waals surface area contributed by atoms with Gasteiger partial charge in [-0.05, 0) is 271 Å². The van der Waals surface area contributed by atoms with E-state index in [4.69, 9.17) is 4.74 Å². The third-order valence-electron chi connectivity index (χ3n) is 29.6. The first kappa shape index (κ1) is 75.7. The van der Waals surface area contributed by atoms with Crippen molar-refractivity contribution in [3.63, 3.8) is 0 Å². The van der Waals surface area contributed by atoms with Crippen molar-refractivity contribution in [2.24, 2.45) is 105 Å². The van der Waals surface area contributed by atoms with Crippen LogP contribution in [0.15, 0.2) is 47.6 Å². The molecular weight excluding hydrogens is 1100 g/mol. The second-order valence-corrected chi connectivity index (χ2v) is 36.5. The summed E-state index contributed by atoms with van der Waals surface area (Å²) in [4.78, 5) is 0. The highest BCUT2D eigenvalue weighted by molar-refractivity contribution is 5.27. The first-order valence-corrected chi connectivity index (χ1v) is 42.4. The lowest BCUT2D eigenvalue weighted by molar-refractivity contribution is -0.104. The zero-order valence-corrected chi connectivity index (χ0v) is 63.5. The van der Waals surface area contributed by atoms with Gasteiger partial charge < -0.3 is 4.74 Å². The number of hydrogen-bond donors (Lipinski definition) is 0. The van der Waals surface area contributed by atoms with E-state index in [0.717, 1.165) is 71.0 Å². The molecule has 1 heteroatoms. The second kappa shape index (κ2) is 38.3. The average Bonchev–Trinajstić information content (AvgIpc) is 1.72. The Balaban J connectivity index is 0.944. The minimum atomic E-state index is 0.402. The molecule has 0 heterocycles. The van der Waals surface area contributed by atoms with Gasteiger partial charge in [-0.2, -0.15) is 0 Å². The normalized spacial score (nSPS) is 34.4. The SMILES string of the molecule is CCCCCCCC/C=C\CCCCCCCC(OC(CCCCCCC/C=C\CCCCCCCC)[C@H]1CC[C@@]2(C)C(=CC[C@H]3[C@@H]4CC[C@H]([C@H](C)CCCC(C)C)[C@@]4(C)CC[C@@H]32)C1)[C@H]1CC[C@@]2(C)C(=CC[C@H]3[C@@H]4CC[C@H]([C@H](C)CCCC(C)C)[C@@]4(C)CC[C@@H]32)C1. The van der Waals surface area contributed by atoms with Crippen molar-refractivity contribution < 1.29 is 4.74 Å². The second-order valence-electron chi connectivity index (χ2n) is 36.5. The average molecular weight is 1260 g/mol. The lowest BCUT2D eigenvalue weighted by Gasteiger charge is -2.59. The number of hydrogen-bond acceptors (Lipinski definition) is 1. The number of rotatable bonds is 44. The molecule has 8 aliphatic carbocycles. The molecule has 91 heavy (non-hydrogen) atoms. The summed E-state index contributed by atoms with van der Waals surface area (Å²) in [6.45, 7) is 31.0. The predicted molar refractivity (Wildman–Crippen MR) is 401 cm³/mol. The van der Waals surface area contributed by atoms with Crippen molar-refractivity contribution in [3.05, 3.63) is 47.6 Å². The molecule has 6 saturated carbocycles. The molecule has 0 amide bonds. The maximum absolute atomic E-state index is 8.22. The summed E-state index contributed by atoms with van der Waals surface area (Å²) in [5.41, 5.74) is 5.75. The Hall–Kier alpha value is -1.08. The first-order chi connectivity index (χ1) is 44.1. The quantitative estimate of drug-likeness (QED) is 0.0436. The molecule has 0 saturated heterocycles. The van der Waals surface area contributed by atoms with Crippen LogP contribution in [0, 0.1) is 105 Å². The Morgan fingerprint density at radius 2 is 0.725 bits per heavy atom. The maximum Gasteiger partial charge on any atom is 0.0610 e. The van der Waals surface area contributed by atoms with Gasteiger partial charge in [-0.3, -0.25) is 0 Å². The van der Waals surface area contributed by atoms with Crippen LogP contribution in [-0.4, -0.2) is 12.2 Å². The topological polar surface area (TPSA) is 9.23 Å².